The summed E-state index contributed by atoms with van der Waals surface area (Å²) in [6.07, 6.45) is 28.2. The van der Waals surface area contributed by atoms with Crippen LogP contribution in [0.15, 0.2) is 24.3 Å². The van der Waals surface area contributed by atoms with Crippen molar-refractivity contribution < 1.29 is 17.5 Å². The van der Waals surface area contributed by atoms with Gasteiger partial charge in [-0.15, -0.1) is 0 Å². The summed E-state index contributed by atoms with van der Waals surface area (Å²) in [5, 5.41) is 0. The zero-order valence-corrected chi connectivity index (χ0v) is 22.4. The van der Waals surface area contributed by atoms with Crippen LogP contribution in [0.25, 0.3) is 0 Å². The second kappa shape index (κ2) is 22.9. The normalized spacial score (nSPS) is 11.3. The van der Waals surface area contributed by atoms with Gasteiger partial charge >= 0.3 is 10.4 Å². The maximum absolute atomic E-state index is 8.74. The molecule has 1 aromatic rings. The van der Waals surface area contributed by atoms with Gasteiger partial charge in [0.25, 0.3) is 0 Å². The van der Waals surface area contributed by atoms with Crippen LogP contribution in [0.5, 0.6) is 0 Å². The molecular formula is C28H52O4S. The summed E-state index contributed by atoms with van der Waals surface area (Å²) in [4.78, 5) is 0. The fourth-order valence-electron chi connectivity index (χ4n) is 4.30. The van der Waals surface area contributed by atoms with E-state index in [1.54, 1.807) is 11.1 Å². The molecule has 0 radical (unpaired) electrons. The number of unbranched alkanes of at least 4 members (excludes halogenated alkanes) is 16. The lowest BCUT2D eigenvalue weighted by atomic mass is 9.96. The van der Waals surface area contributed by atoms with E-state index in [1.807, 2.05) is 0 Å². The third-order valence-electron chi connectivity index (χ3n) is 6.22. The van der Waals surface area contributed by atoms with E-state index in [-0.39, 0.29) is 0 Å². The largest absolute Gasteiger partial charge is 0.394 e. The van der Waals surface area contributed by atoms with Gasteiger partial charge in [-0.1, -0.05) is 141 Å². The summed E-state index contributed by atoms with van der Waals surface area (Å²) >= 11 is 0. The van der Waals surface area contributed by atoms with Gasteiger partial charge in [-0.3, -0.25) is 9.11 Å². The van der Waals surface area contributed by atoms with E-state index < -0.39 is 10.4 Å². The van der Waals surface area contributed by atoms with Crippen LogP contribution in [-0.4, -0.2) is 17.5 Å². The van der Waals surface area contributed by atoms with Crippen LogP contribution in [-0.2, 0) is 23.2 Å². The summed E-state index contributed by atoms with van der Waals surface area (Å²) in [6, 6.07) is 9.24. The summed E-state index contributed by atoms with van der Waals surface area (Å²) in [5.41, 5.74) is 3.26. The van der Waals surface area contributed by atoms with Crippen LogP contribution in [0.4, 0.5) is 0 Å². The molecule has 0 amide bonds. The molecule has 4 nitrogen and oxygen atoms in total. The van der Waals surface area contributed by atoms with E-state index >= 15 is 0 Å². The lowest BCUT2D eigenvalue weighted by Gasteiger charge is -2.10. The van der Waals surface area contributed by atoms with Gasteiger partial charge in [0.05, 0.1) is 0 Å². The summed E-state index contributed by atoms with van der Waals surface area (Å²) in [5.74, 6) is 0. The predicted octanol–water partition coefficient (Wildman–Crippen LogP) is 9.18. The molecule has 0 aliphatic heterocycles. The molecule has 0 bridgehead atoms. The van der Waals surface area contributed by atoms with Crippen molar-refractivity contribution in [3.8, 4) is 0 Å². The number of hydrogen-bond acceptors (Lipinski definition) is 2. The van der Waals surface area contributed by atoms with Gasteiger partial charge in [0, 0.05) is 0 Å². The molecule has 1 aromatic carbocycles. The molecule has 0 spiro atoms. The highest BCUT2D eigenvalue weighted by molar-refractivity contribution is 7.79. The Hall–Kier alpha value is -0.910. The standard InChI is InChI=1S/C28H50.H2O4S/c1-3-5-7-9-11-13-15-17-19-23-27-25-21-22-26-28(27)24-20-18-16-14-12-10-8-6-4-2;1-5(2,3)4/h21-22,25-26H,3-20,23-24H2,1-2H3;(H2,1,2,3,4). The minimum absolute atomic E-state index is 1.30. The Morgan fingerprint density at radius 3 is 1.03 bits per heavy atom. The highest BCUT2D eigenvalue weighted by Gasteiger charge is 2.02. The van der Waals surface area contributed by atoms with Gasteiger partial charge in [-0.25, -0.2) is 0 Å². The Bertz CT molecular complexity index is 594. The summed E-state index contributed by atoms with van der Waals surface area (Å²) in [6.45, 7) is 4.60. The van der Waals surface area contributed by atoms with Crippen molar-refractivity contribution in [2.45, 2.75) is 142 Å². The zero-order chi connectivity index (χ0) is 24.6. The Labute approximate surface area is 205 Å². The predicted molar refractivity (Wildman–Crippen MR) is 142 cm³/mol. The maximum atomic E-state index is 8.74. The van der Waals surface area contributed by atoms with E-state index in [2.05, 4.69) is 38.1 Å². The fraction of sp³-hybridized carbons (Fsp3) is 0.786. The molecular weight excluding hydrogens is 432 g/mol. The van der Waals surface area contributed by atoms with Crippen molar-refractivity contribution in [3.63, 3.8) is 0 Å². The van der Waals surface area contributed by atoms with Gasteiger partial charge in [-0.05, 0) is 36.8 Å². The second-order valence-corrected chi connectivity index (χ2v) is 10.3. The molecule has 194 valence electrons. The van der Waals surface area contributed by atoms with Crippen molar-refractivity contribution >= 4 is 10.4 Å². The molecule has 2 N–H and O–H groups in total. The van der Waals surface area contributed by atoms with E-state index in [1.165, 1.54) is 128 Å². The average molecular weight is 485 g/mol. The molecule has 0 aliphatic rings. The third-order valence-corrected chi connectivity index (χ3v) is 6.22. The molecule has 0 heterocycles. The van der Waals surface area contributed by atoms with Gasteiger partial charge in [-0.2, -0.15) is 8.42 Å². The first-order chi connectivity index (χ1) is 15.9. The van der Waals surface area contributed by atoms with Crippen molar-refractivity contribution in [2.75, 3.05) is 0 Å². The smallest absolute Gasteiger partial charge is 0.264 e. The van der Waals surface area contributed by atoms with Gasteiger partial charge < -0.3 is 0 Å². The van der Waals surface area contributed by atoms with Crippen LogP contribution in [0.2, 0.25) is 0 Å². The molecule has 0 atom stereocenters. The molecule has 33 heavy (non-hydrogen) atoms. The molecule has 0 saturated carbocycles. The monoisotopic (exact) mass is 484 g/mol. The van der Waals surface area contributed by atoms with E-state index in [9.17, 15) is 0 Å². The third kappa shape index (κ3) is 25.5. The lowest BCUT2D eigenvalue weighted by Crippen LogP contribution is -1.95. The SMILES string of the molecule is CCCCCCCCCCCc1ccccc1CCCCCCCCCCC.O=S(=O)(O)O. The van der Waals surface area contributed by atoms with E-state index in [4.69, 9.17) is 17.5 Å². The van der Waals surface area contributed by atoms with Gasteiger partial charge in [0.15, 0.2) is 0 Å². The van der Waals surface area contributed by atoms with Crippen molar-refractivity contribution in [2.24, 2.45) is 0 Å². The van der Waals surface area contributed by atoms with Crippen LogP contribution >= 0.6 is 0 Å². The minimum atomic E-state index is -4.67. The fourth-order valence-corrected chi connectivity index (χ4v) is 4.30. The molecule has 0 saturated heterocycles. The van der Waals surface area contributed by atoms with Gasteiger partial charge in [0.2, 0.25) is 0 Å². The van der Waals surface area contributed by atoms with Crippen LogP contribution in [0.1, 0.15) is 141 Å². The first-order valence-corrected chi connectivity index (χ1v) is 15.0. The number of benzene rings is 1. The highest BCUT2D eigenvalue weighted by Crippen LogP contribution is 2.18. The van der Waals surface area contributed by atoms with E-state index in [0.717, 1.165) is 0 Å². The molecule has 1 rings (SSSR count). The second-order valence-electron chi connectivity index (χ2n) is 9.37. The Morgan fingerprint density at radius 1 is 0.515 bits per heavy atom. The molecule has 0 aliphatic carbocycles. The minimum Gasteiger partial charge on any atom is -0.264 e. The van der Waals surface area contributed by atoms with Crippen LogP contribution < -0.4 is 0 Å². The quantitative estimate of drug-likeness (QED) is 0.143. The number of hydrogen-bond donors (Lipinski definition) is 2. The Balaban J connectivity index is 0.00000184. The molecule has 0 unspecified atom stereocenters. The van der Waals surface area contributed by atoms with Crippen molar-refractivity contribution in [1.82, 2.24) is 0 Å². The van der Waals surface area contributed by atoms with Gasteiger partial charge in [0.1, 0.15) is 0 Å². The maximum Gasteiger partial charge on any atom is 0.394 e. The summed E-state index contributed by atoms with van der Waals surface area (Å²) in [7, 11) is -4.67. The number of rotatable bonds is 20. The topological polar surface area (TPSA) is 74.6 Å². The number of aryl methyl sites for hydroxylation is 2. The van der Waals surface area contributed by atoms with Crippen LogP contribution in [0, 0.1) is 0 Å². The summed E-state index contributed by atoms with van der Waals surface area (Å²) < 4.78 is 31.6. The van der Waals surface area contributed by atoms with E-state index in [0.29, 0.717) is 0 Å². The average Bonchev–Trinajstić information content (AvgIpc) is 2.76. The van der Waals surface area contributed by atoms with Crippen molar-refractivity contribution in [3.05, 3.63) is 35.4 Å². The Morgan fingerprint density at radius 2 is 0.758 bits per heavy atom. The zero-order valence-electron chi connectivity index (χ0n) is 21.6. The molecule has 0 aromatic heterocycles. The molecule has 5 heteroatoms. The Kier molecular flexibility index (Phi) is 22.2. The lowest BCUT2D eigenvalue weighted by molar-refractivity contribution is 0.381. The highest BCUT2D eigenvalue weighted by atomic mass is 32.3. The van der Waals surface area contributed by atoms with Crippen LogP contribution in [0.3, 0.4) is 0 Å². The molecule has 0 fully saturated rings. The van der Waals surface area contributed by atoms with Crippen molar-refractivity contribution in [1.29, 1.82) is 0 Å². The first kappa shape index (κ1) is 32.1. The first-order valence-electron chi connectivity index (χ1n) is 13.6.